The van der Waals surface area contributed by atoms with E-state index in [4.69, 9.17) is 9.73 Å². The second kappa shape index (κ2) is 7.78. The van der Waals surface area contributed by atoms with Gasteiger partial charge in [-0.1, -0.05) is 60.7 Å². The van der Waals surface area contributed by atoms with Crippen LogP contribution in [0.2, 0.25) is 0 Å². The molecule has 1 N–H and O–H groups in total. The fraction of sp³-hybridized carbons (Fsp3) is 0.250. The van der Waals surface area contributed by atoms with Crippen molar-refractivity contribution in [2.24, 2.45) is 10.9 Å². The van der Waals surface area contributed by atoms with E-state index in [0.717, 1.165) is 60.6 Å². The number of nitrogens with zero attached hydrogens (tertiary/aromatic N) is 2. The monoisotopic (exact) mass is 385 g/mol. The maximum absolute atomic E-state index is 13.2. The molecule has 5 heteroatoms. The lowest BCUT2D eigenvalue weighted by Gasteiger charge is -2.26. The van der Waals surface area contributed by atoms with Crippen molar-refractivity contribution in [2.45, 2.75) is 0 Å². The first kappa shape index (κ1) is 18.0. The Kier molecular flexibility index (Phi) is 4.84. The Morgan fingerprint density at radius 2 is 1.93 bits per heavy atom. The third-order valence-electron chi connectivity index (χ3n) is 5.66. The molecule has 2 aromatic carbocycles. The SMILES string of the molecule is O=C(Nc1cccc2ccccc12)C1=NC(CN2CCOCC2)=C2C=CC=CC12. The molecule has 0 bridgehead atoms. The Labute approximate surface area is 170 Å². The van der Waals surface area contributed by atoms with Crippen LogP contribution in [0.15, 0.2) is 83.0 Å². The van der Waals surface area contributed by atoms with Crippen LogP contribution in [0, 0.1) is 5.92 Å². The van der Waals surface area contributed by atoms with E-state index in [0.29, 0.717) is 5.71 Å². The fourth-order valence-corrected chi connectivity index (χ4v) is 4.15. The Morgan fingerprint density at radius 3 is 2.83 bits per heavy atom. The molecule has 146 valence electrons. The van der Waals surface area contributed by atoms with Gasteiger partial charge in [0, 0.05) is 30.7 Å². The van der Waals surface area contributed by atoms with E-state index >= 15 is 0 Å². The zero-order valence-corrected chi connectivity index (χ0v) is 16.2. The lowest BCUT2D eigenvalue weighted by atomic mass is 9.90. The first-order valence-corrected chi connectivity index (χ1v) is 10.1. The van der Waals surface area contributed by atoms with Gasteiger partial charge in [-0.15, -0.1) is 0 Å². The Morgan fingerprint density at radius 1 is 1.10 bits per heavy atom. The maximum atomic E-state index is 13.2. The zero-order valence-electron chi connectivity index (χ0n) is 16.2. The van der Waals surface area contributed by atoms with E-state index < -0.39 is 0 Å². The van der Waals surface area contributed by atoms with E-state index in [1.54, 1.807) is 0 Å². The van der Waals surface area contributed by atoms with Crippen LogP contribution >= 0.6 is 0 Å². The standard InChI is InChI=1S/C24H23N3O2/c28-24(26-21-11-5-7-17-6-1-2-8-18(17)21)23-20-10-4-3-9-19(20)22(25-23)16-27-12-14-29-15-13-27/h1-11,20H,12-16H2,(H,26,28). The molecule has 3 aliphatic rings. The molecule has 0 spiro atoms. The third kappa shape index (κ3) is 3.55. The van der Waals surface area contributed by atoms with Crippen molar-refractivity contribution in [2.75, 3.05) is 38.2 Å². The largest absolute Gasteiger partial charge is 0.379 e. The summed E-state index contributed by atoms with van der Waals surface area (Å²) >= 11 is 0. The predicted octanol–water partition coefficient (Wildman–Crippen LogP) is 3.56. The Balaban J connectivity index is 1.41. The second-order valence-electron chi connectivity index (χ2n) is 7.49. The molecule has 0 radical (unpaired) electrons. The molecular formula is C24H23N3O2. The molecule has 1 fully saturated rings. The van der Waals surface area contributed by atoms with Gasteiger partial charge in [0.05, 0.1) is 24.8 Å². The van der Waals surface area contributed by atoms with Crippen LogP contribution in [0.4, 0.5) is 5.69 Å². The number of morpholine rings is 1. The molecule has 2 heterocycles. The molecule has 1 unspecified atom stereocenters. The average molecular weight is 385 g/mol. The smallest absolute Gasteiger partial charge is 0.271 e. The Hall–Kier alpha value is -3.02. The fourth-order valence-electron chi connectivity index (χ4n) is 4.15. The first-order valence-electron chi connectivity index (χ1n) is 10.1. The Bertz CT molecular complexity index is 1070. The van der Waals surface area contributed by atoms with E-state index in [2.05, 4.69) is 22.4 Å². The molecule has 1 saturated heterocycles. The number of carbonyl (C=O) groups is 1. The molecule has 1 aliphatic carbocycles. The molecule has 2 aliphatic heterocycles. The maximum Gasteiger partial charge on any atom is 0.271 e. The van der Waals surface area contributed by atoms with Gasteiger partial charge >= 0.3 is 0 Å². The van der Waals surface area contributed by atoms with E-state index in [1.807, 2.05) is 54.6 Å². The lowest BCUT2D eigenvalue weighted by Crippen LogP contribution is -2.37. The number of hydrogen-bond acceptors (Lipinski definition) is 4. The molecule has 5 rings (SSSR count). The zero-order chi connectivity index (χ0) is 19.6. The predicted molar refractivity (Wildman–Crippen MR) is 116 cm³/mol. The number of carbonyl (C=O) groups excluding carboxylic acids is 1. The summed E-state index contributed by atoms with van der Waals surface area (Å²) in [5, 5.41) is 5.23. The molecule has 1 amide bonds. The van der Waals surface area contributed by atoms with Crippen molar-refractivity contribution in [1.29, 1.82) is 0 Å². The second-order valence-corrected chi connectivity index (χ2v) is 7.49. The van der Waals surface area contributed by atoms with Crippen LogP contribution in [0.1, 0.15) is 0 Å². The summed E-state index contributed by atoms with van der Waals surface area (Å²) in [6.07, 6.45) is 8.16. The number of allylic oxidation sites excluding steroid dienone is 5. The van der Waals surface area contributed by atoms with Crippen molar-refractivity contribution < 1.29 is 9.53 Å². The summed E-state index contributed by atoms with van der Waals surface area (Å²) in [6, 6.07) is 14.0. The number of rotatable bonds is 4. The highest BCUT2D eigenvalue weighted by atomic mass is 16.5. The summed E-state index contributed by atoms with van der Waals surface area (Å²) < 4.78 is 5.45. The number of aliphatic imine (C=N–C) groups is 1. The summed E-state index contributed by atoms with van der Waals surface area (Å²) in [4.78, 5) is 20.3. The van der Waals surface area contributed by atoms with Crippen LogP contribution in [-0.4, -0.2) is 49.4 Å². The molecule has 0 aromatic heterocycles. The van der Waals surface area contributed by atoms with Gasteiger partial charge in [0.15, 0.2) is 0 Å². The van der Waals surface area contributed by atoms with Gasteiger partial charge in [-0.3, -0.25) is 9.69 Å². The number of benzene rings is 2. The summed E-state index contributed by atoms with van der Waals surface area (Å²) in [6.45, 7) is 4.04. The van der Waals surface area contributed by atoms with Crippen molar-refractivity contribution in [3.8, 4) is 0 Å². The van der Waals surface area contributed by atoms with Crippen LogP contribution < -0.4 is 5.32 Å². The molecule has 5 nitrogen and oxygen atoms in total. The molecule has 29 heavy (non-hydrogen) atoms. The van der Waals surface area contributed by atoms with Gasteiger partial charge in [-0.2, -0.15) is 0 Å². The topological polar surface area (TPSA) is 53.9 Å². The molecule has 2 aromatic rings. The average Bonchev–Trinajstić information content (AvgIpc) is 3.13. The summed E-state index contributed by atoms with van der Waals surface area (Å²) in [5.74, 6) is -0.216. The van der Waals surface area contributed by atoms with Gasteiger partial charge in [0.25, 0.3) is 5.91 Å². The van der Waals surface area contributed by atoms with Gasteiger partial charge in [-0.05, 0) is 17.0 Å². The van der Waals surface area contributed by atoms with Gasteiger partial charge < -0.3 is 10.1 Å². The number of nitrogens with one attached hydrogen (secondary N) is 1. The summed E-state index contributed by atoms with van der Waals surface area (Å²) in [7, 11) is 0. The van der Waals surface area contributed by atoms with Crippen LogP contribution in [0.5, 0.6) is 0 Å². The third-order valence-corrected chi connectivity index (χ3v) is 5.66. The van der Waals surface area contributed by atoms with Crippen molar-refractivity contribution in [1.82, 2.24) is 4.90 Å². The summed E-state index contributed by atoms with van der Waals surface area (Å²) in [5.41, 5.74) is 3.49. The quantitative estimate of drug-likeness (QED) is 0.876. The van der Waals surface area contributed by atoms with Gasteiger partial charge in [0.2, 0.25) is 0 Å². The van der Waals surface area contributed by atoms with Gasteiger partial charge in [0.1, 0.15) is 5.71 Å². The van der Waals surface area contributed by atoms with E-state index in [-0.39, 0.29) is 11.8 Å². The van der Waals surface area contributed by atoms with Crippen molar-refractivity contribution in [3.63, 3.8) is 0 Å². The molecule has 0 saturated carbocycles. The highest BCUT2D eigenvalue weighted by Crippen LogP contribution is 2.32. The number of ether oxygens (including phenoxy) is 1. The minimum atomic E-state index is -0.138. The van der Waals surface area contributed by atoms with Gasteiger partial charge in [-0.25, -0.2) is 4.99 Å². The van der Waals surface area contributed by atoms with E-state index in [1.165, 1.54) is 0 Å². The number of fused-ring (bicyclic) bond motifs is 2. The van der Waals surface area contributed by atoms with Crippen molar-refractivity contribution >= 4 is 28.1 Å². The highest BCUT2D eigenvalue weighted by molar-refractivity contribution is 6.46. The highest BCUT2D eigenvalue weighted by Gasteiger charge is 2.32. The van der Waals surface area contributed by atoms with E-state index in [9.17, 15) is 4.79 Å². The number of amides is 1. The molecule has 1 atom stereocenters. The van der Waals surface area contributed by atoms with Crippen LogP contribution in [-0.2, 0) is 9.53 Å². The van der Waals surface area contributed by atoms with Crippen molar-refractivity contribution in [3.05, 3.63) is 78.0 Å². The number of anilines is 1. The number of hydrogen-bond donors (Lipinski definition) is 1. The van der Waals surface area contributed by atoms with Crippen LogP contribution in [0.3, 0.4) is 0 Å². The first-order chi connectivity index (χ1) is 14.3. The minimum Gasteiger partial charge on any atom is -0.379 e. The van der Waals surface area contributed by atoms with Crippen LogP contribution in [0.25, 0.3) is 10.8 Å². The minimum absolute atomic E-state index is 0.0778. The lowest BCUT2D eigenvalue weighted by molar-refractivity contribution is -0.110. The molecular weight excluding hydrogens is 362 g/mol. The normalized spacial score (nSPS) is 21.4.